The van der Waals surface area contributed by atoms with Crippen molar-refractivity contribution >= 4 is 11.9 Å². The van der Waals surface area contributed by atoms with Gasteiger partial charge < -0.3 is 14.1 Å². The van der Waals surface area contributed by atoms with Crippen LogP contribution in [0.15, 0.2) is 22.8 Å². The normalized spacial score (nSPS) is 10.6. The Morgan fingerprint density at radius 3 is 2.25 bits per heavy atom. The summed E-state index contributed by atoms with van der Waals surface area (Å²) in [5.41, 5.74) is 0. The van der Waals surface area contributed by atoms with Gasteiger partial charge in [-0.05, 0) is 18.6 Å². The average molecular weight is 337 g/mol. The van der Waals surface area contributed by atoms with Crippen molar-refractivity contribution in [2.24, 2.45) is 0 Å². The third-order valence-corrected chi connectivity index (χ3v) is 3.96. The van der Waals surface area contributed by atoms with Gasteiger partial charge in [-0.2, -0.15) is 0 Å². The Morgan fingerprint density at radius 2 is 1.67 bits per heavy atom. The summed E-state index contributed by atoms with van der Waals surface area (Å²) in [4.78, 5) is 24.9. The quantitative estimate of drug-likeness (QED) is 0.395. The molecule has 0 saturated carbocycles. The molecule has 5 nitrogen and oxygen atoms in total. The van der Waals surface area contributed by atoms with Gasteiger partial charge in [0.25, 0.3) is 5.91 Å². The lowest BCUT2D eigenvalue weighted by Crippen LogP contribution is -2.32. The maximum atomic E-state index is 11.9. The lowest BCUT2D eigenvalue weighted by molar-refractivity contribution is -0.144. The second-order valence-electron chi connectivity index (χ2n) is 6.19. The largest absolute Gasteiger partial charge is 0.464 e. The fourth-order valence-corrected chi connectivity index (χ4v) is 2.50. The molecule has 0 bridgehead atoms. The summed E-state index contributed by atoms with van der Waals surface area (Å²) in [6.45, 7) is 2.60. The van der Waals surface area contributed by atoms with E-state index in [4.69, 9.17) is 9.15 Å². The molecule has 0 aliphatic heterocycles. The van der Waals surface area contributed by atoms with Gasteiger partial charge in [0.2, 0.25) is 0 Å². The van der Waals surface area contributed by atoms with Crippen LogP contribution in [0.1, 0.15) is 75.3 Å². The molecule has 0 spiro atoms. The van der Waals surface area contributed by atoms with Crippen LogP contribution < -0.4 is 0 Å². The predicted octanol–water partition coefficient (Wildman–Crippen LogP) is 4.43. The zero-order valence-corrected chi connectivity index (χ0v) is 15.1. The van der Waals surface area contributed by atoms with E-state index in [9.17, 15) is 9.59 Å². The van der Waals surface area contributed by atoms with Crippen molar-refractivity contribution in [2.45, 2.75) is 64.7 Å². The zero-order chi connectivity index (χ0) is 17.6. The van der Waals surface area contributed by atoms with Gasteiger partial charge in [-0.3, -0.25) is 9.59 Å². The van der Waals surface area contributed by atoms with E-state index in [1.807, 2.05) is 0 Å². The minimum atomic E-state index is -0.378. The second kappa shape index (κ2) is 12.6. The Bertz CT molecular complexity index is 456. The minimum absolute atomic E-state index is 0.0586. The lowest BCUT2D eigenvalue weighted by Gasteiger charge is -2.14. The number of ether oxygens (including phenoxy) is 1. The zero-order valence-electron chi connectivity index (χ0n) is 15.1. The van der Waals surface area contributed by atoms with E-state index in [1.165, 1.54) is 56.1 Å². The number of esters is 1. The molecular weight excluding hydrogens is 306 g/mol. The first-order chi connectivity index (χ1) is 11.6. The van der Waals surface area contributed by atoms with Crippen LogP contribution in [0.5, 0.6) is 0 Å². The SMILES string of the molecule is CCCCCCCCCCCOC(=O)CN(C)C(=O)c1ccco1. The molecule has 0 radical (unpaired) electrons. The molecule has 0 N–H and O–H groups in total. The van der Waals surface area contributed by atoms with Gasteiger partial charge in [0.05, 0.1) is 12.9 Å². The summed E-state index contributed by atoms with van der Waals surface area (Å²) >= 11 is 0. The van der Waals surface area contributed by atoms with Crippen molar-refractivity contribution in [2.75, 3.05) is 20.2 Å². The highest BCUT2D eigenvalue weighted by Crippen LogP contribution is 2.09. The van der Waals surface area contributed by atoms with Crippen LogP contribution in [0.25, 0.3) is 0 Å². The molecule has 0 fully saturated rings. The van der Waals surface area contributed by atoms with Crippen molar-refractivity contribution in [3.05, 3.63) is 24.2 Å². The van der Waals surface area contributed by atoms with Gasteiger partial charge in [0, 0.05) is 7.05 Å². The van der Waals surface area contributed by atoms with Gasteiger partial charge in [-0.25, -0.2) is 0 Å². The number of carbonyl (C=O) groups excluding carboxylic acids is 2. The highest BCUT2D eigenvalue weighted by molar-refractivity contribution is 5.93. The number of carbonyl (C=O) groups is 2. The first-order valence-corrected chi connectivity index (χ1v) is 9.09. The smallest absolute Gasteiger partial charge is 0.325 e. The van der Waals surface area contributed by atoms with Crippen LogP contribution in [0, 0.1) is 0 Å². The summed E-state index contributed by atoms with van der Waals surface area (Å²) in [6.07, 6.45) is 12.5. The standard InChI is InChI=1S/C19H31NO4/c1-3-4-5-6-7-8-9-10-11-14-24-18(21)16-20(2)19(22)17-13-12-15-23-17/h12-13,15H,3-11,14,16H2,1-2H3. The molecule has 1 aromatic heterocycles. The first-order valence-electron chi connectivity index (χ1n) is 9.09. The van der Waals surface area contributed by atoms with Gasteiger partial charge in [0.15, 0.2) is 5.76 Å². The van der Waals surface area contributed by atoms with Crippen LogP contribution in [-0.2, 0) is 9.53 Å². The van der Waals surface area contributed by atoms with E-state index in [-0.39, 0.29) is 24.2 Å². The molecule has 0 unspecified atom stereocenters. The number of amides is 1. The Hall–Kier alpha value is -1.78. The van der Waals surface area contributed by atoms with Gasteiger partial charge in [-0.1, -0.05) is 58.3 Å². The topological polar surface area (TPSA) is 59.8 Å². The summed E-state index contributed by atoms with van der Waals surface area (Å²) < 4.78 is 10.2. The third kappa shape index (κ3) is 8.75. The summed E-state index contributed by atoms with van der Waals surface area (Å²) in [6, 6.07) is 3.22. The van der Waals surface area contributed by atoms with Crippen LogP contribution >= 0.6 is 0 Å². The predicted molar refractivity (Wildman–Crippen MR) is 93.9 cm³/mol. The first kappa shape index (κ1) is 20.3. The number of furan rings is 1. The molecule has 1 amide bonds. The van der Waals surface area contributed by atoms with E-state index >= 15 is 0 Å². The number of nitrogens with zero attached hydrogens (tertiary/aromatic N) is 1. The molecule has 1 heterocycles. The van der Waals surface area contributed by atoms with E-state index in [0.29, 0.717) is 6.61 Å². The van der Waals surface area contributed by atoms with E-state index in [1.54, 1.807) is 19.2 Å². The molecule has 24 heavy (non-hydrogen) atoms. The molecule has 0 aliphatic carbocycles. The monoisotopic (exact) mass is 337 g/mol. The van der Waals surface area contributed by atoms with Crippen LogP contribution in [-0.4, -0.2) is 37.0 Å². The van der Waals surface area contributed by atoms with Crippen LogP contribution in [0.4, 0.5) is 0 Å². The number of unbranched alkanes of at least 4 members (excludes halogenated alkanes) is 8. The third-order valence-electron chi connectivity index (χ3n) is 3.96. The number of hydrogen-bond donors (Lipinski definition) is 0. The Morgan fingerprint density at radius 1 is 1.04 bits per heavy atom. The van der Waals surface area contributed by atoms with Crippen molar-refractivity contribution in [1.29, 1.82) is 0 Å². The lowest BCUT2D eigenvalue weighted by atomic mass is 10.1. The molecule has 0 aliphatic rings. The molecule has 1 rings (SSSR count). The highest BCUT2D eigenvalue weighted by atomic mass is 16.5. The molecule has 0 saturated heterocycles. The maximum absolute atomic E-state index is 11.9. The molecular formula is C19H31NO4. The fourth-order valence-electron chi connectivity index (χ4n) is 2.50. The second-order valence-corrected chi connectivity index (χ2v) is 6.19. The van der Waals surface area contributed by atoms with Gasteiger partial charge in [-0.15, -0.1) is 0 Å². The van der Waals surface area contributed by atoms with E-state index in [0.717, 1.165) is 12.8 Å². The number of likely N-dealkylation sites (N-methyl/N-ethyl adjacent to an activating group) is 1. The molecule has 5 heteroatoms. The van der Waals surface area contributed by atoms with Crippen LogP contribution in [0.3, 0.4) is 0 Å². The molecule has 0 aromatic carbocycles. The number of rotatable bonds is 13. The summed E-state index contributed by atoms with van der Waals surface area (Å²) in [5, 5.41) is 0. The maximum Gasteiger partial charge on any atom is 0.325 e. The van der Waals surface area contributed by atoms with E-state index < -0.39 is 0 Å². The average Bonchev–Trinajstić information content (AvgIpc) is 3.10. The summed E-state index contributed by atoms with van der Waals surface area (Å²) in [7, 11) is 1.56. The van der Waals surface area contributed by atoms with Gasteiger partial charge in [0.1, 0.15) is 6.54 Å². The van der Waals surface area contributed by atoms with Crippen molar-refractivity contribution in [3.63, 3.8) is 0 Å². The Kier molecular flexibility index (Phi) is 10.7. The van der Waals surface area contributed by atoms with Crippen LogP contribution in [0.2, 0.25) is 0 Å². The number of hydrogen-bond acceptors (Lipinski definition) is 4. The summed E-state index contributed by atoms with van der Waals surface area (Å²) in [5.74, 6) is -0.471. The minimum Gasteiger partial charge on any atom is -0.464 e. The fraction of sp³-hybridized carbons (Fsp3) is 0.684. The Labute approximate surface area is 145 Å². The Balaban J connectivity index is 1.99. The molecule has 1 aromatic rings. The van der Waals surface area contributed by atoms with Crippen molar-refractivity contribution in [3.8, 4) is 0 Å². The highest BCUT2D eigenvalue weighted by Gasteiger charge is 2.17. The van der Waals surface area contributed by atoms with Gasteiger partial charge >= 0.3 is 5.97 Å². The van der Waals surface area contributed by atoms with E-state index in [2.05, 4.69) is 6.92 Å². The van der Waals surface area contributed by atoms with Crippen molar-refractivity contribution in [1.82, 2.24) is 4.90 Å². The van der Waals surface area contributed by atoms with Crippen molar-refractivity contribution < 1.29 is 18.7 Å². The molecule has 0 atom stereocenters. The molecule has 136 valence electrons.